The van der Waals surface area contributed by atoms with Crippen molar-refractivity contribution in [2.24, 2.45) is 0 Å². The molecule has 0 amide bonds. The van der Waals surface area contributed by atoms with Gasteiger partial charge in [0.05, 0.1) is 5.54 Å². The lowest BCUT2D eigenvalue weighted by Gasteiger charge is -2.23. The molecule has 14 heavy (non-hydrogen) atoms. The quantitative estimate of drug-likeness (QED) is 0.549. The number of rotatable bonds is 2. The minimum Gasteiger partial charge on any atom is -0.308 e. The van der Waals surface area contributed by atoms with Crippen LogP contribution >= 0.6 is 11.6 Å². The summed E-state index contributed by atoms with van der Waals surface area (Å²) in [5.74, 6) is 0. The monoisotopic (exact) mass is 205 g/mol. The van der Waals surface area contributed by atoms with Gasteiger partial charge in [0.15, 0.2) is 7.12 Å². The number of hydrogen-bond acceptors (Lipinski definition) is 2. The van der Waals surface area contributed by atoms with Crippen molar-refractivity contribution in [1.29, 1.82) is 0 Å². The van der Waals surface area contributed by atoms with Crippen LogP contribution in [0.25, 0.3) is 0 Å². The third kappa shape index (κ3) is 3.07. The molecule has 1 rings (SSSR count). The van der Waals surface area contributed by atoms with E-state index in [9.17, 15) is 0 Å². The van der Waals surface area contributed by atoms with Gasteiger partial charge in [-0.05, 0) is 32.2 Å². The third-order valence-electron chi connectivity index (χ3n) is 2.39. The van der Waals surface area contributed by atoms with Gasteiger partial charge in [0, 0.05) is 0 Å². The van der Waals surface area contributed by atoms with Gasteiger partial charge in [-0.1, -0.05) is 29.9 Å². The summed E-state index contributed by atoms with van der Waals surface area (Å²) >= 11 is 1.33. The first-order valence-corrected chi connectivity index (χ1v) is 5.61. The SMILES string of the molecule is [B]S/C1=C/C(C)=C\C(C)(NC)/C=C\C1. The zero-order chi connectivity index (χ0) is 10.6. The topological polar surface area (TPSA) is 12.0 Å². The number of hydrogen-bond donors (Lipinski definition) is 1. The molecule has 0 heterocycles. The van der Waals surface area contributed by atoms with Crippen LogP contribution in [0.1, 0.15) is 20.3 Å². The van der Waals surface area contributed by atoms with Crippen LogP contribution in [0.2, 0.25) is 0 Å². The van der Waals surface area contributed by atoms with E-state index in [4.69, 9.17) is 7.12 Å². The Morgan fingerprint density at radius 2 is 2.29 bits per heavy atom. The molecule has 0 aromatic carbocycles. The fourth-order valence-corrected chi connectivity index (χ4v) is 1.98. The van der Waals surface area contributed by atoms with Crippen LogP contribution < -0.4 is 5.32 Å². The molecule has 0 saturated heterocycles. The Balaban J connectivity index is 2.99. The minimum atomic E-state index is -0.0363. The van der Waals surface area contributed by atoms with E-state index in [1.807, 2.05) is 7.05 Å². The maximum absolute atomic E-state index is 5.56. The highest BCUT2D eigenvalue weighted by molar-refractivity contribution is 8.22. The molecular formula is C11H16BNS. The first-order valence-electron chi connectivity index (χ1n) is 4.73. The predicted octanol–water partition coefficient (Wildman–Crippen LogP) is 2.57. The summed E-state index contributed by atoms with van der Waals surface area (Å²) in [6.45, 7) is 4.26. The van der Waals surface area contributed by atoms with Crippen LogP contribution in [0.3, 0.4) is 0 Å². The molecule has 0 saturated carbocycles. The molecule has 1 atom stereocenters. The lowest BCUT2D eigenvalue weighted by Crippen LogP contribution is -2.35. The highest BCUT2D eigenvalue weighted by Gasteiger charge is 2.15. The Hall–Kier alpha value is -0.405. The fraction of sp³-hybridized carbons (Fsp3) is 0.455. The maximum atomic E-state index is 5.56. The molecule has 2 radical (unpaired) electrons. The predicted molar refractivity (Wildman–Crippen MR) is 66.4 cm³/mol. The Bertz CT molecular complexity index is 294. The van der Waals surface area contributed by atoms with E-state index in [1.54, 1.807) is 0 Å². The van der Waals surface area contributed by atoms with Crippen LogP contribution in [-0.2, 0) is 0 Å². The van der Waals surface area contributed by atoms with Gasteiger partial charge in [0.2, 0.25) is 0 Å². The maximum Gasteiger partial charge on any atom is 0.168 e. The second-order valence-corrected chi connectivity index (χ2v) is 4.52. The molecular weight excluding hydrogens is 189 g/mol. The standard InChI is InChI=1S/C11H16BNS/c1-9-7-10(14-12)5-4-6-11(2,8-9)13-3/h4,6-8,13H,5H2,1-3H3/b6-4-,9-8-,10-7+. The van der Waals surface area contributed by atoms with Gasteiger partial charge in [0.25, 0.3) is 0 Å². The molecule has 0 bridgehead atoms. The smallest absolute Gasteiger partial charge is 0.168 e. The summed E-state index contributed by atoms with van der Waals surface area (Å²) in [7, 11) is 7.53. The van der Waals surface area contributed by atoms with Gasteiger partial charge in [-0.15, -0.1) is 0 Å². The van der Waals surface area contributed by atoms with Gasteiger partial charge >= 0.3 is 0 Å². The van der Waals surface area contributed by atoms with E-state index >= 15 is 0 Å². The third-order valence-corrected chi connectivity index (χ3v) is 2.98. The van der Waals surface area contributed by atoms with E-state index in [-0.39, 0.29) is 5.54 Å². The van der Waals surface area contributed by atoms with Gasteiger partial charge in [-0.3, -0.25) is 0 Å². The molecule has 0 fully saturated rings. The molecule has 0 aliphatic heterocycles. The molecule has 0 aromatic heterocycles. The van der Waals surface area contributed by atoms with Crippen LogP contribution in [0.5, 0.6) is 0 Å². The Kier molecular flexibility index (Phi) is 4.08. The zero-order valence-corrected chi connectivity index (χ0v) is 9.82. The zero-order valence-electron chi connectivity index (χ0n) is 9.00. The van der Waals surface area contributed by atoms with Gasteiger partial charge < -0.3 is 5.32 Å². The van der Waals surface area contributed by atoms with E-state index in [0.717, 1.165) is 6.42 Å². The second-order valence-electron chi connectivity index (χ2n) is 3.76. The van der Waals surface area contributed by atoms with Crippen molar-refractivity contribution in [1.82, 2.24) is 5.32 Å². The summed E-state index contributed by atoms with van der Waals surface area (Å²) in [6, 6.07) is 0. The Morgan fingerprint density at radius 1 is 1.57 bits per heavy atom. The van der Waals surface area contributed by atoms with Crippen LogP contribution in [0, 0.1) is 0 Å². The number of likely N-dealkylation sites (N-methyl/N-ethyl adjacent to an activating group) is 1. The van der Waals surface area contributed by atoms with E-state index in [1.165, 1.54) is 22.1 Å². The molecule has 1 unspecified atom stereocenters. The summed E-state index contributed by atoms with van der Waals surface area (Å²) < 4.78 is 0. The molecule has 0 spiro atoms. The van der Waals surface area contributed by atoms with Gasteiger partial charge in [-0.25, -0.2) is 0 Å². The van der Waals surface area contributed by atoms with Crippen molar-refractivity contribution in [3.05, 3.63) is 34.8 Å². The second kappa shape index (κ2) is 4.90. The normalized spacial score (nSPS) is 37.4. The first kappa shape index (κ1) is 11.7. The summed E-state index contributed by atoms with van der Waals surface area (Å²) in [5, 5.41) is 3.28. The van der Waals surface area contributed by atoms with E-state index < -0.39 is 0 Å². The first-order chi connectivity index (χ1) is 6.59. The Labute approximate surface area is 92.0 Å². The lowest BCUT2D eigenvalue weighted by molar-refractivity contribution is 0.584. The molecule has 3 heteroatoms. The molecule has 1 aliphatic carbocycles. The minimum absolute atomic E-state index is 0.0363. The molecule has 0 aromatic rings. The average molecular weight is 205 g/mol. The summed E-state index contributed by atoms with van der Waals surface area (Å²) in [5.41, 5.74) is 1.21. The van der Waals surface area contributed by atoms with Gasteiger partial charge in [-0.2, -0.15) is 11.6 Å². The van der Waals surface area contributed by atoms with E-state index in [0.29, 0.717) is 0 Å². The molecule has 1 aliphatic rings. The lowest BCUT2D eigenvalue weighted by atomic mass is 9.96. The number of nitrogens with one attached hydrogen (secondary N) is 1. The van der Waals surface area contributed by atoms with Crippen molar-refractivity contribution >= 4 is 18.7 Å². The van der Waals surface area contributed by atoms with Crippen molar-refractivity contribution in [2.45, 2.75) is 25.8 Å². The largest absolute Gasteiger partial charge is 0.308 e. The van der Waals surface area contributed by atoms with Gasteiger partial charge in [0.1, 0.15) is 0 Å². The van der Waals surface area contributed by atoms with Crippen molar-refractivity contribution in [2.75, 3.05) is 7.05 Å². The van der Waals surface area contributed by atoms with Crippen LogP contribution in [0.15, 0.2) is 34.8 Å². The Morgan fingerprint density at radius 3 is 2.86 bits per heavy atom. The highest BCUT2D eigenvalue weighted by atomic mass is 32.2. The summed E-state index contributed by atoms with van der Waals surface area (Å²) in [6.07, 6.45) is 9.61. The molecule has 1 nitrogen and oxygen atoms in total. The fourth-order valence-electron chi connectivity index (χ4n) is 1.53. The highest BCUT2D eigenvalue weighted by Crippen LogP contribution is 2.23. The average Bonchev–Trinajstić information content (AvgIpc) is 2.13. The molecule has 1 N–H and O–H groups in total. The summed E-state index contributed by atoms with van der Waals surface area (Å²) in [4.78, 5) is 1.20. The van der Waals surface area contributed by atoms with Crippen molar-refractivity contribution < 1.29 is 0 Å². The molecule has 74 valence electrons. The van der Waals surface area contributed by atoms with Crippen LogP contribution in [-0.4, -0.2) is 19.7 Å². The van der Waals surface area contributed by atoms with Crippen molar-refractivity contribution in [3.63, 3.8) is 0 Å². The number of allylic oxidation sites excluding steroid dienone is 4. The van der Waals surface area contributed by atoms with Crippen molar-refractivity contribution in [3.8, 4) is 0 Å². The van der Waals surface area contributed by atoms with Crippen LogP contribution in [0.4, 0.5) is 0 Å². The van der Waals surface area contributed by atoms with E-state index in [2.05, 4.69) is 43.5 Å².